The van der Waals surface area contributed by atoms with Crippen molar-refractivity contribution in [1.82, 2.24) is 27.4 Å². The molecule has 0 aliphatic carbocycles. The number of aromatic nitrogens is 6. The first-order chi connectivity index (χ1) is 18.8. The highest BCUT2D eigenvalue weighted by Gasteiger charge is 2.31. The van der Waals surface area contributed by atoms with E-state index in [1.807, 2.05) is 0 Å². The minimum atomic E-state index is -0.771. The van der Waals surface area contributed by atoms with Crippen LogP contribution in [-0.2, 0) is 63.0 Å². The van der Waals surface area contributed by atoms with Gasteiger partial charge in [0.2, 0.25) is 0 Å². The molecule has 0 amide bonds. The summed E-state index contributed by atoms with van der Waals surface area (Å²) in [5.41, 5.74) is -4.51. The van der Waals surface area contributed by atoms with Gasteiger partial charge in [-0.25, -0.2) is 56.2 Å². The van der Waals surface area contributed by atoms with E-state index in [-0.39, 0.29) is 76.9 Å². The molecular weight excluding hydrogens is 524 g/mol. The van der Waals surface area contributed by atoms with Crippen molar-refractivity contribution in [3.63, 3.8) is 0 Å². The maximum atomic E-state index is 12.9. The Morgan fingerprint density at radius 3 is 0.923 bits per heavy atom. The van der Waals surface area contributed by atoms with Crippen molar-refractivity contribution in [3.05, 3.63) is 62.9 Å². The van der Waals surface area contributed by atoms with Crippen LogP contribution in [0.3, 0.4) is 0 Å². The molecule has 6 heterocycles. The maximum Gasteiger partial charge on any atom is 0.336 e. The van der Waals surface area contributed by atoms with Crippen molar-refractivity contribution in [2.24, 2.45) is 0 Å². The molecule has 17 nitrogen and oxygen atoms in total. The van der Waals surface area contributed by atoms with Gasteiger partial charge in [-0.3, -0.25) is 0 Å². The van der Waals surface area contributed by atoms with Crippen LogP contribution in [-0.4, -0.2) is 91.5 Å². The summed E-state index contributed by atoms with van der Waals surface area (Å²) in [6.45, 7) is 1.30. The smallest absolute Gasteiger partial charge is 0.336 e. The Balaban J connectivity index is 1.16. The van der Waals surface area contributed by atoms with Gasteiger partial charge in [0.15, 0.2) is 0 Å². The largest absolute Gasteiger partial charge is 0.378 e. The molecule has 2 aromatic heterocycles. The van der Waals surface area contributed by atoms with Gasteiger partial charge in [-0.2, -0.15) is 0 Å². The van der Waals surface area contributed by atoms with E-state index in [0.29, 0.717) is 26.4 Å². The van der Waals surface area contributed by atoms with Crippen molar-refractivity contribution in [3.8, 4) is 0 Å². The second-order valence-corrected chi connectivity index (χ2v) is 9.87. The summed E-state index contributed by atoms with van der Waals surface area (Å²) in [4.78, 5) is 77.2. The van der Waals surface area contributed by atoms with Gasteiger partial charge in [-0.05, 0) is 0 Å². The van der Waals surface area contributed by atoms with E-state index in [1.165, 1.54) is 0 Å². The highest BCUT2D eigenvalue weighted by atomic mass is 16.6. The molecule has 39 heavy (non-hydrogen) atoms. The molecule has 0 spiro atoms. The van der Waals surface area contributed by atoms with Crippen LogP contribution in [0.25, 0.3) is 0 Å². The van der Waals surface area contributed by atoms with Gasteiger partial charge < -0.3 is 23.7 Å². The molecule has 0 radical (unpaired) electrons. The Kier molecular flexibility index (Phi) is 6.84. The first kappa shape index (κ1) is 25.9. The fourth-order valence-corrected chi connectivity index (χ4v) is 4.29. The highest BCUT2D eigenvalue weighted by Crippen LogP contribution is 2.11. The van der Waals surface area contributed by atoms with E-state index in [4.69, 9.17) is 23.7 Å². The molecule has 0 N–H and O–H groups in total. The van der Waals surface area contributed by atoms with Crippen LogP contribution in [0, 0.1) is 0 Å². The summed E-state index contributed by atoms with van der Waals surface area (Å²) in [6, 6.07) is 0. The van der Waals surface area contributed by atoms with E-state index in [2.05, 4.69) is 0 Å². The molecule has 0 saturated carbocycles. The normalized spacial score (nSPS) is 24.6. The molecule has 4 aliphatic heterocycles. The standard InChI is InChI=1S/C22H28N6O11/c29-17-23(18(30)26(6-14-10-37-14)21(33)25(17)5-13-9-36-13)1-3-35-4-2-24-19(31)27(7-15-11-38-15)22(34)28(20(24)32)8-16-12-39-16/h13-16H,1-12H2. The second kappa shape index (κ2) is 10.3. The molecule has 17 heteroatoms. The van der Waals surface area contributed by atoms with Crippen LogP contribution in [0.15, 0.2) is 28.8 Å². The minimum Gasteiger partial charge on any atom is -0.378 e. The van der Waals surface area contributed by atoms with Gasteiger partial charge in [-0.1, -0.05) is 0 Å². The van der Waals surface area contributed by atoms with E-state index in [0.717, 1.165) is 27.4 Å². The maximum absolute atomic E-state index is 12.9. The van der Waals surface area contributed by atoms with Crippen LogP contribution in [0.1, 0.15) is 0 Å². The predicted octanol–water partition coefficient (Wildman–Crippen LogP) is -5.03. The molecule has 0 aromatic carbocycles. The zero-order chi connectivity index (χ0) is 27.3. The molecule has 4 saturated heterocycles. The average Bonchev–Trinajstić information content (AvgIpc) is 3.75. The number of epoxide rings is 4. The minimum absolute atomic E-state index is 0.0347. The van der Waals surface area contributed by atoms with Crippen LogP contribution in [0.2, 0.25) is 0 Å². The van der Waals surface area contributed by atoms with Crippen molar-refractivity contribution >= 4 is 0 Å². The third kappa shape index (κ3) is 5.67. The van der Waals surface area contributed by atoms with Gasteiger partial charge in [0.05, 0.1) is 103 Å². The first-order valence-corrected chi connectivity index (χ1v) is 12.7. The summed E-state index contributed by atoms with van der Waals surface area (Å²) in [6.07, 6.45) is -1.03. The number of rotatable bonds is 14. The second-order valence-electron chi connectivity index (χ2n) is 9.87. The quantitative estimate of drug-likeness (QED) is 0.161. The van der Waals surface area contributed by atoms with Crippen molar-refractivity contribution in [2.45, 2.75) is 63.7 Å². The van der Waals surface area contributed by atoms with Gasteiger partial charge in [0.25, 0.3) is 0 Å². The first-order valence-electron chi connectivity index (χ1n) is 12.7. The van der Waals surface area contributed by atoms with Crippen molar-refractivity contribution in [2.75, 3.05) is 39.6 Å². The molecule has 4 fully saturated rings. The third-order valence-corrected chi connectivity index (χ3v) is 6.84. The Hall–Kier alpha value is -3.38. The van der Waals surface area contributed by atoms with Crippen LogP contribution < -0.4 is 34.1 Å². The Labute approximate surface area is 217 Å². The number of hydrogen-bond acceptors (Lipinski definition) is 11. The summed E-state index contributed by atoms with van der Waals surface area (Å²) >= 11 is 0. The molecule has 212 valence electrons. The Bertz CT molecular complexity index is 1390. The lowest BCUT2D eigenvalue weighted by Crippen LogP contribution is -2.56. The van der Waals surface area contributed by atoms with Gasteiger partial charge >= 0.3 is 34.1 Å². The number of ether oxygens (including phenoxy) is 5. The zero-order valence-corrected chi connectivity index (χ0v) is 21.0. The number of nitrogens with zero attached hydrogens (tertiary/aromatic N) is 6. The van der Waals surface area contributed by atoms with E-state index in [1.54, 1.807) is 0 Å². The lowest BCUT2D eigenvalue weighted by atomic mass is 10.4. The summed E-state index contributed by atoms with van der Waals surface area (Å²) in [7, 11) is 0. The molecule has 4 atom stereocenters. The third-order valence-electron chi connectivity index (χ3n) is 6.84. The topological polar surface area (TPSA) is 191 Å². The van der Waals surface area contributed by atoms with Gasteiger partial charge in [-0.15, -0.1) is 0 Å². The van der Waals surface area contributed by atoms with Crippen molar-refractivity contribution in [1.29, 1.82) is 0 Å². The van der Waals surface area contributed by atoms with Gasteiger partial charge in [0.1, 0.15) is 0 Å². The molecule has 2 aromatic rings. The van der Waals surface area contributed by atoms with Gasteiger partial charge in [0, 0.05) is 0 Å². The average molecular weight is 552 g/mol. The van der Waals surface area contributed by atoms with Crippen molar-refractivity contribution < 1.29 is 23.7 Å². The Morgan fingerprint density at radius 1 is 0.462 bits per heavy atom. The molecule has 6 rings (SSSR count). The SMILES string of the molecule is O=c1n(CCOCCn2c(=O)n(CC3CO3)c(=O)n(CC3CO3)c2=O)c(=O)n(CC2CO2)c(=O)n1CC1CO1. The van der Waals surface area contributed by atoms with E-state index < -0.39 is 34.1 Å². The van der Waals surface area contributed by atoms with E-state index in [9.17, 15) is 28.8 Å². The van der Waals surface area contributed by atoms with E-state index >= 15 is 0 Å². The lowest BCUT2D eigenvalue weighted by Gasteiger charge is -2.14. The monoisotopic (exact) mass is 552 g/mol. The predicted molar refractivity (Wildman–Crippen MR) is 128 cm³/mol. The summed E-state index contributed by atoms with van der Waals surface area (Å²) in [5.74, 6) is 0. The van der Waals surface area contributed by atoms with Crippen LogP contribution in [0.5, 0.6) is 0 Å². The lowest BCUT2D eigenvalue weighted by molar-refractivity contribution is 0.112. The van der Waals surface area contributed by atoms with Crippen LogP contribution in [0.4, 0.5) is 0 Å². The number of hydrogen-bond donors (Lipinski definition) is 0. The molecule has 0 bridgehead atoms. The summed E-state index contributed by atoms with van der Waals surface area (Å²) in [5, 5.41) is 0. The molecular formula is C22H28N6O11. The van der Waals surface area contributed by atoms with Crippen LogP contribution >= 0.6 is 0 Å². The fourth-order valence-electron chi connectivity index (χ4n) is 4.29. The zero-order valence-electron chi connectivity index (χ0n) is 21.0. The molecule has 4 unspecified atom stereocenters. The molecule has 4 aliphatic rings. The Morgan fingerprint density at radius 2 is 0.692 bits per heavy atom. The fraction of sp³-hybridized carbons (Fsp3) is 0.727. The summed E-state index contributed by atoms with van der Waals surface area (Å²) < 4.78 is 31.8. The highest BCUT2D eigenvalue weighted by molar-refractivity contribution is 4.86.